The molecule has 22 heavy (non-hydrogen) atoms. The predicted octanol–water partition coefficient (Wildman–Crippen LogP) is 7.29. The van der Waals surface area contributed by atoms with Crippen LogP contribution in [0, 0.1) is 0 Å². The Hall–Kier alpha value is -0.0200. The fourth-order valence-electron chi connectivity index (χ4n) is 2.34. The van der Waals surface area contributed by atoms with Gasteiger partial charge in [0.2, 0.25) is 0 Å². The minimum absolute atomic E-state index is 0.417. The second-order valence-electron chi connectivity index (χ2n) is 5.44. The number of aromatic nitrogens is 1. The molecule has 0 saturated heterocycles. The molecule has 0 atom stereocenters. The van der Waals surface area contributed by atoms with Gasteiger partial charge in [-0.05, 0) is 28.4 Å². The Labute approximate surface area is 151 Å². The number of aryl methyl sites for hydroxylation is 1. The SMILES string of the molecule is CCCCCCCCCCCCc1ccccn1.ClN(Cl)Cl. The van der Waals surface area contributed by atoms with Crippen LogP contribution in [-0.2, 0) is 6.42 Å². The van der Waals surface area contributed by atoms with Gasteiger partial charge in [-0.15, -0.1) is 0 Å². The lowest BCUT2D eigenvalue weighted by Gasteiger charge is -2.02. The molecule has 5 heteroatoms. The van der Waals surface area contributed by atoms with Crippen LogP contribution in [0.5, 0.6) is 0 Å². The van der Waals surface area contributed by atoms with Gasteiger partial charge in [0.05, 0.1) is 0 Å². The van der Waals surface area contributed by atoms with Gasteiger partial charge in [-0.1, -0.05) is 70.8 Å². The van der Waals surface area contributed by atoms with E-state index in [2.05, 4.69) is 59.4 Å². The maximum Gasteiger partial charge on any atom is 0.0403 e. The van der Waals surface area contributed by atoms with Crippen LogP contribution in [0.1, 0.15) is 76.8 Å². The number of rotatable bonds is 11. The largest absolute Gasteiger partial charge is 0.261 e. The van der Waals surface area contributed by atoms with Gasteiger partial charge < -0.3 is 0 Å². The molecule has 0 fully saturated rings. The van der Waals surface area contributed by atoms with E-state index >= 15 is 0 Å². The fraction of sp³-hybridized carbons (Fsp3) is 0.706. The Morgan fingerprint density at radius 2 is 1.32 bits per heavy atom. The van der Waals surface area contributed by atoms with E-state index in [1.165, 1.54) is 69.9 Å². The van der Waals surface area contributed by atoms with Gasteiger partial charge >= 0.3 is 0 Å². The van der Waals surface area contributed by atoms with E-state index in [1.807, 2.05) is 12.3 Å². The summed E-state index contributed by atoms with van der Waals surface area (Å²) in [4.78, 5) is 4.35. The smallest absolute Gasteiger partial charge is 0.0403 e. The van der Waals surface area contributed by atoms with Crippen molar-refractivity contribution in [3.63, 3.8) is 0 Å². The number of unbranched alkanes of at least 4 members (excludes halogenated alkanes) is 9. The van der Waals surface area contributed by atoms with Crippen LogP contribution in [0.15, 0.2) is 24.4 Å². The molecular formula is C17H29Cl3N2. The molecule has 1 aromatic rings. The Morgan fingerprint density at radius 3 is 1.77 bits per heavy atom. The van der Waals surface area contributed by atoms with Crippen LogP contribution in [0.4, 0.5) is 0 Å². The summed E-state index contributed by atoms with van der Waals surface area (Å²) in [6.45, 7) is 2.28. The first kappa shape index (κ1) is 22.0. The molecule has 0 spiro atoms. The van der Waals surface area contributed by atoms with Gasteiger partial charge in [-0.3, -0.25) is 4.98 Å². The highest BCUT2D eigenvalue weighted by Crippen LogP contribution is 2.11. The lowest BCUT2D eigenvalue weighted by Crippen LogP contribution is -1.89. The van der Waals surface area contributed by atoms with Crippen molar-refractivity contribution in [3.05, 3.63) is 30.1 Å². The van der Waals surface area contributed by atoms with Crippen molar-refractivity contribution in [1.82, 2.24) is 8.44 Å². The number of pyridine rings is 1. The summed E-state index contributed by atoms with van der Waals surface area (Å²) in [7, 11) is 0. The average Bonchev–Trinajstić information content (AvgIpc) is 2.50. The molecule has 0 aliphatic heterocycles. The van der Waals surface area contributed by atoms with E-state index in [0.717, 1.165) is 6.42 Å². The van der Waals surface area contributed by atoms with Crippen LogP contribution < -0.4 is 0 Å². The molecule has 128 valence electrons. The second kappa shape index (κ2) is 17.3. The Balaban J connectivity index is 0.000000980. The first-order valence-corrected chi connectivity index (χ1v) is 9.35. The van der Waals surface area contributed by atoms with Gasteiger partial charge in [0.15, 0.2) is 0 Å². The summed E-state index contributed by atoms with van der Waals surface area (Å²) >= 11 is 13.9. The van der Waals surface area contributed by atoms with Crippen molar-refractivity contribution in [2.45, 2.75) is 77.6 Å². The van der Waals surface area contributed by atoms with Crippen molar-refractivity contribution in [3.8, 4) is 0 Å². The number of hydrogen-bond acceptors (Lipinski definition) is 2. The van der Waals surface area contributed by atoms with E-state index in [4.69, 9.17) is 0 Å². The summed E-state index contributed by atoms with van der Waals surface area (Å²) in [6, 6.07) is 6.20. The lowest BCUT2D eigenvalue weighted by atomic mass is 10.1. The zero-order chi connectivity index (χ0) is 16.5. The summed E-state index contributed by atoms with van der Waals surface area (Å²) < 4.78 is 0.417. The third kappa shape index (κ3) is 18.0. The molecule has 0 aliphatic carbocycles. The quantitative estimate of drug-likeness (QED) is 0.301. The van der Waals surface area contributed by atoms with Gasteiger partial charge in [-0.25, -0.2) is 0 Å². The minimum atomic E-state index is 0.417. The van der Waals surface area contributed by atoms with Crippen molar-refractivity contribution in [1.29, 1.82) is 0 Å². The maximum absolute atomic E-state index is 4.64. The highest BCUT2D eigenvalue weighted by atomic mass is 35.6. The molecule has 1 rings (SSSR count). The van der Waals surface area contributed by atoms with Crippen molar-refractivity contribution >= 4 is 35.3 Å². The number of hydrogen-bond donors (Lipinski definition) is 0. The lowest BCUT2D eigenvalue weighted by molar-refractivity contribution is 0.555. The van der Waals surface area contributed by atoms with E-state index in [-0.39, 0.29) is 0 Å². The van der Waals surface area contributed by atoms with Crippen LogP contribution in [0.2, 0.25) is 0 Å². The van der Waals surface area contributed by atoms with E-state index in [0.29, 0.717) is 3.46 Å². The highest BCUT2D eigenvalue weighted by molar-refractivity contribution is 6.50. The third-order valence-corrected chi connectivity index (χ3v) is 3.51. The maximum atomic E-state index is 4.64. The Morgan fingerprint density at radius 1 is 0.818 bits per heavy atom. The predicted molar refractivity (Wildman–Crippen MR) is 99.2 cm³/mol. The minimum Gasteiger partial charge on any atom is -0.261 e. The van der Waals surface area contributed by atoms with Crippen LogP contribution in [0.25, 0.3) is 0 Å². The monoisotopic (exact) mass is 366 g/mol. The molecule has 0 N–H and O–H groups in total. The normalized spacial score (nSPS) is 10.4. The zero-order valence-corrected chi connectivity index (χ0v) is 15.9. The molecule has 1 aromatic heterocycles. The molecular weight excluding hydrogens is 339 g/mol. The molecule has 0 unspecified atom stereocenters. The molecule has 0 radical (unpaired) electrons. The molecule has 0 aliphatic rings. The topological polar surface area (TPSA) is 16.1 Å². The van der Waals surface area contributed by atoms with Gasteiger partial charge in [0.25, 0.3) is 0 Å². The van der Waals surface area contributed by atoms with Crippen LogP contribution in [-0.4, -0.2) is 8.44 Å². The molecule has 0 amide bonds. The molecule has 0 saturated carbocycles. The summed E-state index contributed by atoms with van der Waals surface area (Å²) in [5, 5.41) is 0. The second-order valence-corrected chi connectivity index (χ2v) is 6.98. The highest BCUT2D eigenvalue weighted by Gasteiger charge is 1.95. The van der Waals surface area contributed by atoms with Crippen molar-refractivity contribution in [2.75, 3.05) is 0 Å². The third-order valence-electron chi connectivity index (χ3n) is 3.51. The average molecular weight is 368 g/mol. The van der Waals surface area contributed by atoms with Crippen molar-refractivity contribution in [2.24, 2.45) is 0 Å². The zero-order valence-electron chi connectivity index (χ0n) is 13.6. The molecule has 2 nitrogen and oxygen atoms in total. The van der Waals surface area contributed by atoms with Crippen LogP contribution in [0.3, 0.4) is 0 Å². The van der Waals surface area contributed by atoms with Gasteiger partial charge in [-0.2, -0.15) is 0 Å². The summed E-state index contributed by atoms with van der Waals surface area (Å²) in [5.41, 5.74) is 1.25. The van der Waals surface area contributed by atoms with E-state index < -0.39 is 0 Å². The molecule has 0 aromatic carbocycles. The van der Waals surface area contributed by atoms with E-state index in [1.54, 1.807) is 0 Å². The standard InChI is InChI=1S/C17H29N.Cl3N/c1-2-3-4-5-6-7-8-9-10-11-14-17-15-12-13-16-18-17;1-4(2)3/h12-13,15-16H,2-11,14H2,1H3;. The fourth-order valence-corrected chi connectivity index (χ4v) is 2.34. The molecule has 0 bridgehead atoms. The van der Waals surface area contributed by atoms with E-state index in [9.17, 15) is 0 Å². The number of nitrogens with zero attached hydrogens (tertiary/aromatic N) is 2. The van der Waals surface area contributed by atoms with Gasteiger partial charge in [0, 0.05) is 47.2 Å². The Bertz CT molecular complexity index is 318. The first-order chi connectivity index (χ1) is 10.7. The first-order valence-electron chi connectivity index (χ1n) is 8.34. The summed E-state index contributed by atoms with van der Waals surface area (Å²) in [6.07, 6.45) is 17.1. The number of halogens is 3. The summed E-state index contributed by atoms with van der Waals surface area (Å²) in [5.74, 6) is 0. The van der Waals surface area contributed by atoms with Gasteiger partial charge in [0.1, 0.15) is 0 Å². The Kier molecular flexibility index (Phi) is 17.3. The molecule has 1 heterocycles. The van der Waals surface area contributed by atoms with Crippen LogP contribution >= 0.6 is 35.3 Å². The van der Waals surface area contributed by atoms with Crippen molar-refractivity contribution < 1.29 is 0 Å².